The molecule has 0 aliphatic heterocycles. The molecule has 0 aliphatic rings. The van der Waals surface area contributed by atoms with E-state index in [9.17, 15) is 0 Å². The van der Waals surface area contributed by atoms with Gasteiger partial charge in [-0.25, -0.2) is 0 Å². The summed E-state index contributed by atoms with van der Waals surface area (Å²) >= 11 is 0. The maximum atomic E-state index is 4.54. The average Bonchev–Trinajstić information content (AvgIpc) is 2.71. The average molecular weight is 364 g/mol. The molecule has 0 atom stereocenters. The second-order valence-electron chi connectivity index (χ2n) is 6.90. The van der Waals surface area contributed by atoms with Gasteiger partial charge in [-0.2, -0.15) is 5.10 Å². The molecule has 0 unspecified atom stereocenters. The summed E-state index contributed by atoms with van der Waals surface area (Å²) in [6, 6.07) is 18.7. The van der Waals surface area contributed by atoms with E-state index in [-0.39, 0.29) is 0 Å². The van der Waals surface area contributed by atoms with Gasteiger partial charge in [-0.1, -0.05) is 55.9 Å². The van der Waals surface area contributed by atoms with E-state index in [4.69, 9.17) is 0 Å². The molecule has 0 amide bonds. The summed E-state index contributed by atoms with van der Waals surface area (Å²) in [6.45, 7) is 1.78. The van der Waals surface area contributed by atoms with Crippen molar-refractivity contribution in [3.05, 3.63) is 54.6 Å². The molecule has 0 aromatic heterocycles. The molecule has 0 aliphatic carbocycles. The molecule has 4 nitrogen and oxygen atoms in total. The lowest BCUT2D eigenvalue weighted by Crippen LogP contribution is -2.22. The highest BCUT2D eigenvalue weighted by Crippen LogP contribution is 2.24. The summed E-state index contributed by atoms with van der Waals surface area (Å²) < 4.78 is 0. The molecular weight excluding hydrogens is 331 g/mol. The molecule has 0 heterocycles. The molecule has 2 aromatic rings. The molecule has 2 rings (SSSR count). The van der Waals surface area contributed by atoms with Gasteiger partial charge in [-0.15, -0.1) is 0 Å². The van der Waals surface area contributed by atoms with E-state index in [0.717, 1.165) is 18.8 Å². The fourth-order valence-electron chi connectivity index (χ4n) is 3.00. The van der Waals surface area contributed by atoms with Gasteiger partial charge >= 0.3 is 0 Å². The number of nitrogens with one attached hydrogen (secondary N) is 1. The van der Waals surface area contributed by atoms with Gasteiger partial charge in [-0.3, -0.25) is 5.01 Å². The van der Waals surface area contributed by atoms with Crippen LogP contribution in [0.3, 0.4) is 0 Å². The molecule has 1 N–H and O–H groups in total. The van der Waals surface area contributed by atoms with Gasteiger partial charge in [-0.05, 0) is 30.7 Å². The normalized spacial score (nSPS) is 10.9. The lowest BCUT2D eigenvalue weighted by Gasteiger charge is -2.22. The van der Waals surface area contributed by atoms with Gasteiger partial charge in [0.05, 0.1) is 23.6 Å². The van der Waals surface area contributed by atoms with Crippen molar-refractivity contribution in [2.75, 3.05) is 42.4 Å². The van der Waals surface area contributed by atoms with Crippen LogP contribution in [0.4, 0.5) is 17.1 Å². The summed E-state index contributed by atoms with van der Waals surface area (Å²) in [5.74, 6) is 0. The molecular formula is C22H33BN4. The molecule has 0 saturated heterocycles. The van der Waals surface area contributed by atoms with E-state index in [1.165, 1.54) is 43.4 Å². The van der Waals surface area contributed by atoms with E-state index >= 15 is 0 Å². The van der Waals surface area contributed by atoms with Crippen molar-refractivity contribution < 1.29 is 0 Å². The minimum absolute atomic E-state index is 0.756. The molecule has 0 bridgehead atoms. The third-order valence-electron chi connectivity index (χ3n) is 4.65. The minimum Gasteiger partial charge on any atom is -0.383 e. The molecule has 0 spiro atoms. The molecule has 27 heavy (non-hydrogen) atoms. The number of nitrogens with zero attached hydrogens (tertiary/aromatic N) is 3. The predicted octanol–water partition coefficient (Wildman–Crippen LogP) is 4.27. The SMILES string of the molecule is BCCCCCCNc1ccccc1N(C)C/C=N/N(C)c1ccccc1. The van der Waals surface area contributed by atoms with Gasteiger partial charge in [0.15, 0.2) is 0 Å². The number of unbranched alkanes of at least 4 members (excludes halogenated alkanes) is 3. The van der Waals surface area contributed by atoms with E-state index in [0.29, 0.717) is 0 Å². The first-order valence-corrected chi connectivity index (χ1v) is 10.1. The Morgan fingerprint density at radius 2 is 1.63 bits per heavy atom. The Bertz CT molecular complexity index is 675. The quantitative estimate of drug-likeness (QED) is 0.264. The topological polar surface area (TPSA) is 30.9 Å². The standard InChI is InChI=1S/C22H33BN4/c1-26(19-18-25-27(2)20-12-6-5-7-13-20)22-15-9-8-14-21(22)24-17-11-4-3-10-16-23/h5-9,12-15,18,24H,3-4,10-11,16-17,19,23H2,1-2H3/b25-18+. The Labute approximate surface area is 165 Å². The highest BCUT2D eigenvalue weighted by molar-refractivity contribution is 6.08. The monoisotopic (exact) mass is 364 g/mol. The van der Waals surface area contributed by atoms with Crippen molar-refractivity contribution in [3.8, 4) is 0 Å². The Hall–Kier alpha value is -2.43. The zero-order valence-electron chi connectivity index (χ0n) is 17.1. The number of rotatable bonds is 12. The van der Waals surface area contributed by atoms with Gasteiger partial charge in [0.1, 0.15) is 7.85 Å². The molecule has 2 aromatic carbocycles. The second-order valence-corrected chi connectivity index (χ2v) is 6.90. The largest absolute Gasteiger partial charge is 0.383 e. The Morgan fingerprint density at radius 3 is 2.41 bits per heavy atom. The first-order valence-electron chi connectivity index (χ1n) is 10.1. The van der Waals surface area contributed by atoms with Crippen LogP contribution >= 0.6 is 0 Å². The van der Waals surface area contributed by atoms with E-state index < -0.39 is 0 Å². The van der Waals surface area contributed by atoms with Crippen LogP contribution < -0.4 is 15.2 Å². The summed E-state index contributed by atoms with van der Waals surface area (Å²) in [7, 11) is 6.33. The number of para-hydroxylation sites is 3. The van der Waals surface area contributed by atoms with Crippen molar-refractivity contribution in [2.45, 2.75) is 32.0 Å². The summed E-state index contributed by atoms with van der Waals surface area (Å²) in [4.78, 5) is 2.22. The lowest BCUT2D eigenvalue weighted by molar-refractivity contribution is 0.684. The molecule has 0 saturated carbocycles. The highest BCUT2D eigenvalue weighted by atomic mass is 15.4. The first-order chi connectivity index (χ1) is 13.2. The van der Waals surface area contributed by atoms with E-state index in [1.807, 2.05) is 36.5 Å². The van der Waals surface area contributed by atoms with Crippen LogP contribution in [0.25, 0.3) is 0 Å². The van der Waals surface area contributed by atoms with Crippen LogP contribution in [0.15, 0.2) is 59.7 Å². The Balaban J connectivity index is 1.84. The van der Waals surface area contributed by atoms with Crippen LogP contribution in [0.2, 0.25) is 6.32 Å². The predicted molar refractivity (Wildman–Crippen MR) is 123 cm³/mol. The molecule has 0 fully saturated rings. The van der Waals surface area contributed by atoms with Crippen molar-refractivity contribution in [2.24, 2.45) is 5.10 Å². The van der Waals surface area contributed by atoms with Crippen LogP contribution in [0.1, 0.15) is 25.7 Å². The van der Waals surface area contributed by atoms with Crippen LogP contribution in [0, 0.1) is 0 Å². The van der Waals surface area contributed by atoms with Crippen molar-refractivity contribution in [1.82, 2.24) is 0 Å². The summed E-state index contributed by atoms with van der Waals surface area (Å²) in [6.07, 6.45) is 8.45. The summed E-state index contributed by atoms with van der Waals surface area (Å²) in [5.41, 5.74) is 3.49. The number of hydrogen-bond acceptors (Lipinski definition) is 4. The maximum absolute atomic E-state index is 4.54. The third-order valence-corrected chi connectivity index (χ3v) is 4.65. The molecule has 144 valence electrons. The molecule has 0 radical (unpaired) electrons. The van der Waals surface area contributed by atoms with Gasteiger partial charge in [0.2, 0.25) is 0 Å². The van der Waals surface area contributed by atoms with Crippen molar-refractivity contribution >= 4 is 31.1 Å². The Kier molecular flexibility index (Phi) is 9.32. The fourth-order valence-corrected chi connectivity index (χ4v) is 3.00. The number of hydrazone groups is 1. The van der Waals surface area contributed by atoms with Crippen LogP contribution in [0.5, 0.6) is 0 Å². The number of benzene rings is 2. The molecule has 5 heteroatoms. The van der Waals surface area contributed by atoms with E-state index in [2.05, 4.69) is 66.6 Å². The van der Waals surface area contributed by atoms with Crippen LogP contribution in [-0.4, -0.2) is 41.2 Å². The second kappa shape index (κ2) is 12.1. The van der Waals surface area contributed by atoms with Crippen molar-refractivity contribution in [1.29, 1.82) is 0 Å². The Morgan fingerprint density at radius 1 is 0.926 bits per heavy atom. The highest BCUT2D eigenvalue weighted by Gasteiger charge is 2.05. The van der Waals surface area contributed by atoms with E-state index in [1.54, 1.807) is 0 Å². The zero-order chi connectivity index (χ0) is 19.3. The first kappa shape index (κ1) is 20.9. The lowest BCUT2D eigenvalue weighted by atomic mass is 9.99. The van der Waals surface area contributed by atoms with Gasteiger partial charge < -0.3 is 10.2 Å². The van der Waals surface area contributed by atoms with Crippen molar-refractivity contribution in [3.63, 3.8) is 0 Å². The number of anilines is 3. The minimum atomic E-state index is 0.756. The number of hydrogen-bond donors (Lipinski definition) is 1. The maximum Gasteiger partial charge on any atom is 0.101 e. The van der Waals surface area contributed by atoms with Gasteiger partial charge in [0, 0.05) is 26.9 Å². The smallest absolute Gasteiger partial charge is 0.101 e. The summed E-state index contributed by atoms with van der Waals surface area (Å²) in [5, 5.41) is 10.0. The van der Waals surface area contributed by atoms with Crippen LogP contribution in [-0.2, 0) is 0 Å². The fraction of sp³-hybridized carbons (Fsp3) is 0.409. The third kappa shape index (κ3) is 7.37. The van der Waals surface area contributed by atoms with Gasteiger partial charge in [0.25, 0.3) is 0 Å². The zero-order valence-corrected chi connectivity index (χ0v) is 17.1.